The fraction of sp³-hybridized carbons (Fsp3) is 0.600. The van der Waals surface area contributed by atoms with Gasteiger partial charge in [0.15, 0.2) is 0 Å². The molecule has 3 aliphatic rings. The van der Waals surface area contributed by atoms with Crippen LogP contribution in [-0.4, -0.2) is 332 Å². The zero-order valence-electron chi connectivity index (χ0n) is 76.6. The van der Waals surface area contributed by atoms with Crippen LogP contribution in [0.2, 0.25) is 0 Å². The van der Waals surface area contributed by atoms with Gasteiger partial charge in [-0.25, -0.2) is 0 Å². The number of phenolic OH excluding ortho intramolecular Hbond substituents is 1. The van der Waals surface area contributed by atoms with Crippen LogP contribution in [0.3, 0.4) is 0 Å². The summed E-state index contributed by atoms with van der Waals surface area (Å²) in [5, 5.41) is 86.4. The van der Waals surface area contributed by atoms with E-state index in [9.17, 15) is 131 Å². The molecule has 3 heterocycles. The summed E-state index contributed by atoms with van der Waals surface area (Å²) in [5.74, 6) is -24.8. The van der Waals surface area contributed by atoms with Gasteiger partial charge in [-0.3, -0.25) is 105 Å². The maximum Gasteiger partial charge on any atom is 0.246 e. The highest BCUT2D eigenvalue weighted by Gasteiger charge is 2.47. The van der Waals surface area contributed by atoms with E-state index in [1.807, 2.05) is 0 Å². The lowest BCUT2D eigenvalue weighted by atomic mass is 9.96. The Kier molecular flexibility index (Phi) is 44.7. The van der Waals surface area contributed by atoms with Gasteiger partial charge < -0.3 is 149 Å². The number of hydrogen-bond donors (Lipinski definition) is 25. The summed E-state index contributed by atoms with van der Waals surface area (Å²) >= 11 is 0. The highest BCUT2D eigenvalue weighted by molar-refractivity contribution is 6.03. The fourth-order valence-corrected chi connectivity index (χ4v) is 15.1. The number of nitrogens with zero attached hydrogens (tertiary/aromatic N) is 3. The van der Waals surface area contributed by atoms with Crippen molar-refractivity contribution in [2.24, 2.45) is 46.4 Å². The van der Waals surface area contributed by atoms with Crippen LogP contribution in [0.1, 0.15) is 144 Å². The SMILES string of the molecule is CCC(C)C(NC(=O)C1CCCN1C(=O)CNC(=O)C(Cc1ccccc1)NC(=O)C(CC(N)=O)NC(=O)C(CC(N)=O)NC(=O)C(CO)NC)C(=O)NC(CC(C)C)C(=O)N1CCCC1C(=O)N1CCCC1C(=O)NC(C(=O)NC(CC(N)=O)C(=O)NC(C(=O)NCC(=O)NC(CO)C(=O)NC(CC(N)=O)C(=O)NC(C(=O)NC(Cc1ccc(O)cc1)C(N)=O)C(C)O)C(C)C)C(C)O. The van der Waals surface area contributed by atoms with Gasteiger partial charge in [-0.2, -0.15) is 0 Å². The van der Waals surface area contributed by atoms with Gasteiger partial charge in [0.2, 0.25) is 130 Å². The van der Waals surface area contributed by atoms with E-state index in [-0.39, 0.29) is 82.7 Å². The first kappa shape index (κ1) is 112. The molecule has 746 valence electrons. The zero-order valence-corrected chi connectivity index (χ0v) is 76.6. The third-order valence-corrected chi connectivity index (χ3v) is 22.6. The van der Waals surface area contributed by atoms with Crippen molar-refractivity contribution in [1.82, 2.24) is 94.5 Å². The minimum Gasteiger partial charge on any atom is -0.508 e. The molecular formula is C85H129N23O27. The van der Waals surface area contributed by atoms with E-state index in [1.165, 1.54) is 59.9 Å². The lowest BCUT2D eigenvalue weighted by molar-refractivity contribution is -0.148. The summed E-state index contributed by atoms with van der Waals surface area (Å²) in [4.78, 5) is 303. The van der Waals surface area contributed by atoms with E-state index in [0.717, 1.165) is 13.8 Å². The fourth-order valence-electron chi connectivity index (χ4n) is 15.1. The Balaban J connectivity index is 1.22. The van der Waals surface area contributed by atoms with Crippen molar-refractivity contribution < 1.29 is 131 Å². The summed E-state index contributed by atoms with van der Waals surface area (Å²) in [6.45, 7) is 8.39. The van der Waals surface area contributed by atoms with Gasteiger partial charge in [-0.1, -0.05) is 90.4 Å². The van der Waals surface area contributed by atoms with Crippen molar-refractivity contribution in [3.63, 3.8) is 0 Å². The Morgan fingerprint density at radius 1 is 0.393 bits per heavy atom. The van der Waals surface area contributed by atoms with Gasteiger partial charge in [0.05, 0.1) is 64.2 Å². The van der Waals surface area contributed by atoms with E-state index in [1.54, 1.807) is 58.0 Å². The van der Waals surface area contributed by atoms with Gasteiger partial charge in [0.1, 0.15) is 102 Å². The van der Waals surface area contributed by atoms with E-state index >= 15 is 0 Å². The molecule has 50 heteroatoms. The molecule has 0 saturated carbocycles. The predicted octanol–water partition coefficient (Wildman–Crippen LogP) is -11.7. The van der Waals surface area contributed by atoms with Crippen LogP contribution < -0.4 is 108 Å². The van der Waals surface area contributed by atoms with Gasteiger partial charge in [-0.05, 0) is 107 Å². The first-order valence-corrected chi connectivity index (χ1v) is 44.1. The molecule has 5 rings (SSSR count). The van der Waals surface area contributed by atoms with Crippen LogP contribution in [0.25, 0.3) is 0 Å². The lowest BCUT2D eigenvalue weighted by Gasteiger charge is -2.34. The second-order valence-corrected chi connectivity index (χ2v) is 34.1. The van der Waals surface area contributed by atoms with Gasteiger partial charge in [0.25, 0.3) is 0 Å². The molecule has 0 radical (unpaired) electrons. The van der Waals surface area contributed by atoms with Crippen molar-refractivity contribution in [3.8, 4) is 5.75 Å². The molecule has 50 nitrogen and oxygen atoms in total. The average Bonchev–Trinajstić information content (AvgIpc) is 1.66. The third kappa shape index (κ3) is 34.7. The Hall–Kier alpha value is -13.6. The molecule has 19 atom stereocenters. The molecule has 0 spiro atoms. The predicted molar refractivity (Wildman–Crippen MR) is 474 cm³/mol. The number of primary amides is 5. The van der Waals surface area contributed by atoms with Crippen molar-refractivity contribution in [2.75, 3.05) is 53.0 Å². The van der Waals surface area contributed by atoms with Crippen LogP contribution >= 0.6 is 0 Å². The number of aromatic hydroxyl groups is 1. The third-order valence-electron chi connectivity index (χ3n) is 22.6. The number of nitrogens with one attached hydrogen (secondary N) is 15. The Morgan fingerprint density at radius 3 is 1.24 bits per heavy atom. The summed E-state index contributed by atoms with van der Waals surface area (Å²) in [7, 11) is 1.33. The highest BCUT2D eigenvalue weighted by atomic mass is 16.3. The molecule has 2 aromatic rings. The number of aliphatic hydroxyl groups is 4. The van der Waals surface area contributed by atoms with Crippen LogP contribution in [0.4, 0.5) is 0 Å². The van der Waals surface area contributed by atoms with Crippen molar-refractivity contribution in [1.29, 1.82) is 0 Å². The molecule has 0 aromatic heterocycles. The van der Waals surface area contributed by atoms with Crippen molar-refractivity contribution >= 4 is 130 Å². The second kappa shape index (κ2) is 53.9. The number of amides is 22. The molecule has 3 fully saturated rings. The van der Waals surface area contributed by atoms with Gasteiger partial charge in [0, 0.05) is 32.5 Å². The van der Waals surface area contributed by atoms with Crippen LogP contribution in [0.5, 0.6) is 5.75 Å². The average molecular weight is 1910 g/mol. The number of likely N-dealkylation sites (tertiary alicyclic amines) is 3. The first-order chi connectivity index (χ1) is 63.5. The minimum absolute atomic E-state index is 0.00656. The van der Waals surface area contributed by atoms with Crippen molar-refractivity contribution in [3.05, 3.63) is 65.7 Å². The summed E-state index contributed by atoms with van der Waals surface area (Å²) in [6.07, 6.45) is -6.09. The maximum atomic E-state index is 15.0. The Labute approximate surface area is 777 Å². The molecule has 0 bridgehead atoms. The quantitative estimate of drug-likeness (QED) is 0.0292. The van der Waals surface area contributed by atoms with E-state index in [4.69, 9.17) is 28.7 Å². The number of hydrogen-bond acceptors (Lipinski definition) is 28. The monoisotopic (exact) mass is 1900 g/mol. The summed E-state index contributed by atoms with van der Waals surface area (Å²) in [5.41, 5.74) is 28.1. The molecule has 0 aliphatic carbocycles. The number of carbonyl (C=O) groups excluding carboxylic acids is 22. The highest BCUT2D eigenvalue weighted by Crippen LogP contribution is 2.28. The summed E-state index contributed by atoms with van der Waals surface area (Å²) < 4.78 is 0. The Morgan fingerprint density at radius 2 is 0.778 bits per heavy atom. The van der Waals surface area contributed by atoms with E-state index in [0.29, 0.717) is 24.0 Å². The van der Waals surface area contributed by atoms with Crippen molar-refractivity contribution in [2.45, 2.75) is 254 Å². The van der Waals surface area contributed by atoms with Crippen LogP contribution in [0.15, 0.2) is 54.6 Å². The largest absolute Gasteiger partial charge is 0.508 e. The second-order valence-electron chi connectivity index (χ2n) is 34.1. The maximum absolute atomic E-state index is 15.0. The molecule has 30 N–H and O–H groups in total. The number of likely N-dealkylation sites (N-methyl/N-ethyl adjacent to an activating group) is 1. The summed E-state index contributed by atoms with van der Waals surface area (Å²) in [6, 6.07) is -11.6. The Bertz CT molecular complexity index is 4580. The molecule has 22 amide bonds. The van der Waals surface area contributed by atoms with Crippen LogP contribution in [0, 0.1) is 17.8 Å². The number of nitrogens with two attached hydrogens (primary N) is 5. The van der Waals surface area contributed by atoms with Gasteiger partial charge >= 0.3 is 0 Å². The van der Waals surface area contributed by atoms with Crippen LogP contribution in [-0.2, 0) is 118 Å². The zero-order chi connectivity index (χ0) is 101. The number of carbonyl (C=O) groups is 22. The molecule has 2 aromatic carbocycles. The van der Waals surface area contributed by atoms with E-state index < -0.39 is 303 Å². The molecule has 19 unspecified atom stereocenters. The van der Waals surface area contributed by atoms with Gasteiger partial charge in [-0.15, -0.1) is 0 Å². The number of rotatable bonds is 54. The standard InChI is InChI=1S/C85H129N23O27/c1-10-42(6)67(103-78(128)57-19-14-26-106(57)65(119)37-93-71(121)49(31-45-17-12-11-13-18-45)96-72(122)50(32-60(86)114)97-73(123)51(33-61(87)115)98-76(126)55(38-109)91-9)81(131)101-54(29-40(2)3)84(134)108-28-16-21-59(108)85(135)107-27-15-20-58(107)79(129)105-69(44(8)112)83(133)100-53(35-63(89)117)74(124)102-66(41(4)5)80(130)92-36-64(118)94-56(39-110)77(127)99-52(34-62(88)116)75(125)104-68(43(7)111)82(132)95-48(70(90)120)30-46-22-24-47(113)25-23-46/h11-13,17-18,22-25,40-44,48-59,66-69,91,109-113H,10,14-16,19-21,26-39H2,1-9H3,(H2,86,114)(H2,87,115)(H2,88,116)(H2,89,117)(H2,90,120)(H,92,130)(H,93,121)(H,94,118)(H,95,132)(H,96,122)(H,97,123)(H,98,126)(H,99,127)(H,100,133)(H,101,131)(H,102,124)(H,103,128)(H,104,125)(H,105,129). The number of phenols is 1. The normalized spacial score (nSPS) is 18.2. The topological polar surface area (TPSA) is 797 Å². The molecule has 135 heavy (non-hydrogen) atoms. The van der Waals surface area contributed by atoms with E-state index in [2.05, 4.69) is 79.8 Å². The minimum atomic E-state index is -1.94. The smallest absolute Gasteiger partial charge is 0.246 e. The lowest BCUT2D eigenvalue weighted by Crippen LogP contribution is -2.62. The first-order valence-electron chi connectivity index (χ1n) is 44.1. The molecule has 3 aliphatic heterocycles. The molecule has 3 saturated heterocycles. The molecular weight excluding hydrogens is 1780 g/mol. The number of aliphatic hydroxyl groups excluding tert-OH is 4. The number of benzene rings is 2.